The van der Waals surface area contributed by atoms with Crippen LogP contribution < -0.4 is 0 Å². The fourth-order valence-electron chi connectivity index (χ4n) is 3.74. The molecule has 2 aliphatic carbocycles. The predicted molar refractivity (Wildman–Crippen MR) is 77.0 cm³/mol. The van der Waals surface area contributed by atoms with Crippen molar-refractivity contribution in [2.45, 2.75) is 38.0 Å². The molecule has 4 rings (SSSR count). The third kappa shape index (κ3) is 2.07. The molecule has 0 bridgehead atoms. The minimum Gasteiger partial charge on any atom is -0.329 e. The van der Waals surface area contributed by atoms with Gasteiger partial charge >= 0.3 is 5.97 Å². The number of amides is 2. The van der Waals surface area contributed by atoms with Gasteiger partial charge in [0.2, 0.25) is 0 Å². The number of carbonyl (C=O) groups excluding carboxylic acids is 3. The molecule has 7 heteroatoms. The number of nitrogens with zero attached hydrogens (tertiary/aromatic N) is 1. The van der Waals surface area contributed by atoms with Gasteiger partial charge in [0, 0.05) is 11.8 Å². The molecule has 2 fully saturated rings. The number of hydrogen-bond acceptors (Lipinski definition) is 4. The molecular weight excluding hydrogens is 320 g/mol. The fourth-order valence-corrected chi connectivity index (χ4v) is 3.74. The summed E-state index contributed by atoms with van der Waals surface area (Å²) in [4.78, 5) is 41.5. The van der Waals surface area contributed by atoms with E-state index in [0.717, 1.165) is 0 Å². The van der Waals surface area contributed by atoms with Gasteiger partial charge in [0.1, 0.15) is 0 Å². The van der Waals surface area contributed by atoms with E-state index in [-0.39, 0.29) is 43.2 Å². The maximum atomic E-state index is 13.4. The van der Waals surface area contributed by atoms with Gasteiger partial charge in [-0.3, -0.25) is 9.59 Å². The maximum absolute atomic E-state index is 13.4. The minimum absolute atomic E-state index is 0.111. The summed E-state index contributed by atoms with van der Waals surface area (Å²) < 4.78 is 26.7. The smallest absolute Gasteiger partial charge is 0.329 e. The van der Waals surface area contributed by atoms with Crippen LogP contribution >= 0.6 is 0 Å². The Balaban J connectivity index is 1.41. The first-order chi connectivity index (χ1) is 11.3. The summed E-state index contributed by atoms with van der Waals surface area (Å²) >= 11 is 0. The van der Waals surface area contributed by atoms with Crippen molar-refractivity contribution in [3.05, 3.63) is 35.4 Å². The van der Waals surface area contributed by atoms with Crippen LogP contribution in [0.4, 0.5) is 8.78 Å². The lowest BCUT2D eigenvalue weighted by atomic mass is 9.79. The highest BCUT2D eigenvalue weighted by atomic mass is 19.3. The SMILES string of the molecule is O=C(ON1C(=O)c2ccccc2C1=O)C1CCC2(CC1)CC2(F)F. The summed E-state index contributed by atoms with van der Waals surface area (Å²) in [6.45, 7) is 0. The second-order valence-corrected chi connectivity index (χ2v) is 6.80. The van der Waals surface area contributed by atoms with E-state index in [1.807, 2.05) is 0 Å². The third-order valence-corrected chi connectivity index (χ3v) is 5.43. The summed E-state index contributed by atoms with van der Waals surface area (Å²) in [5, 5.41) is 0.475. The summed E-state index contributed by atoms with van der Waals surface area (Å²) in [6.07, 6.45) is 0.999. The summed E-state index contributed by atoms with van der Waals surface area (Å²) in [7, 11) is 0. The summed E-state index contributed by atoms with van der Waals surface area (Å²) in [5.41, 5.74) is -0.565. The lowest BCUT2D eigenvalue weighted by Gasteiger charge is -2.27. The first-order valence-corrected chi connectivity index (χ1v) is 7.92. The molecule has 2 saturated carbocycles. The van der Waals surface area contributed by atoms with E-state index in [0.29, 0.717) is 5.06 Å². The van der Waals surface area contributed by atoms with Gasteiger partial charge in [0.05, 0.1) is 17.0 Å². The Kier molecular flexibility index (Phi) is 3.07. The normalized spacial score (nSPS) is 30.4. The molecule has 0 N–H and O–H groups in total. The average molecular weight is 335 g/mol. The molecule has 5 nitrogen and oxygen atoms in total. The highest BCUT2D eigenvalue weighted by Gasteiger charge is 2.70. The van der Waals surface area contributed by atoms with E-state index < -0.39 is 35.0 Å². The highest BCUT2D eigenvalue weighted by Crippen LogP contribution is 2.67. The molecular formula is C17H15F2NO4. The molecule has 3 aliphatic rings. The van der Waals surface area contributed by atoms with Crippen molar-refractivity contribution < 1.29 is 28.0 Å². The molecule has 0 atom stereocenters. The number of imide groups is 1. The molecule has 1 aliphatic heterocycles. The average Bonchev–Trinajstić information content (AvgIpc) is 3.01. The fraction of sp³-hybridized carbons (Fsp3) is 0.471. The van der Waals surface area contributed by atoms with Crippen molar-refractivity contribution in [1.29, 1.82) is 0 Å². The number of halogens is 2. The number of carbonyl (C=O) groups is 3. The lowest BCUT2D eigenvalue weighted by molar-refractivity contribution is -0.175. The predicted octanol–water partition coefficient (Wildman–Crippen LogP) is 2.96. The van der Waals surface area contributed by atoms with Gasteiger partial charge in [0.15, 0.2) is 0 Å². The first-order valence-electron chi connectivity index (χ1n) is 7.92. The van der Waals surface area contributed by atoms with Crippen LogP contribution in [0.15, 0.2) is 24.3 Å². The molecule has 2 amide bonds. The topological polar surface area (TPSA) is 63.7 Å². The van der Waals surface area contributed by atoms with Gasteiger partial charge in [-0.15, -0.1) is 0 Å². The number of benzene rings is 1. The first kappa shape index (κ1) is 15.2. The monoisotopic (exact) mass is 335 g/mol. The lowest BCUT2D eigenvalue weighted by Crippen LogP contribution is -2.36. The number of alkyl halides is 2. The van der Waals surface area contributed by atoms with Crippen LogP contribution in [0, 0.1) is 11.3 Å². The second-order valence-electron chi connectivity index (χ2n) is 6.80. The molecule has 24 heavy (non-hydrogen) atoms. The Hall–Kier alpha value is -2.31. The van der Waals surface area contributed by atoms with Crippen LogP contribution in [-0.4, -0.2) is 28.8 Å². The van der Waals surface area contributed by atoms with E-state index in [1.165, 1.54) is 12.1 Å². The van der Waals surface area contributed by atoms with Crippen LogP contribution in [0.1, 0.15) is 52.8 Å². The maximum Gasteiger partial charge on any atom is 0.336 e. The van der Waals surface area contributed by atoms with E-state index in [2.05, 4.69) is 0 Å². The van der Waals surface area contributed by atoms with E-state index in [4.69, 9.17) is 4.84 Å². The molecule has 126 valence electrons. The van der Waals surface area contributed by atoms with Crippen LogP contribution in [0.3, 0.4) is 0 Å². The standard InChI is InChI=1S/C17H15F2NO4/c18-17(19)9-16(17)7-5-10(6-8-16)15(23)24-20-13(21)11-3-1-2-4-12(11)14(20)22/h1-4,10H,5-9H2. The van der Waals surface area contributed by atoms with Gasteiger partial charge in [-0.1, -0.05) is 17.2 Å². The highest BCUT2D eigenvalue weighted by molar-refractivity contribution is 6.20. The molecule has 1 heterocycles. The van der Waals surface area contributed by atoms with Crippen LogP contribution in [0.5, 0.6) is 0 Å². The minimum atomic E-state index is -2.62. The Morgan fingerprint density at radius 2 is 1.58 bits per heavy atom. The molecule has 1 aromatic carbocycles. The van der Waals surface area contributed by atoms with Gasteiger partial charge in [-0.25, -0.2) is 13.6 Å². The Morgan fingerprint density at radius 1 is 1.08 bits per heavy atom. The van der Waals surface area contributed by atoms with Crippen molar-refractivity contribution in [2.75, 3.05) is 0 Å². The second kappa shape index (κ2) is 4.84. The van der Waals surface area contributed by atoms with Crippen molar-refractivity contribution >= 4 is 17.8 Å². The Bertz CT molecular complexity index is 718. The molecule has 0 saturated heterocycles. The third-order valence-electron chi connectivity index (χ3n) is 5.43. The van der Waals surface area contributed by atoms with Crippen molar-refractivity contribution in [3.8, 4) is 0 Å². The van der Waals surface area contributed by atoms with Crippen LogP contribution in [-0.2, 0) is 9.63 Å². The molecule has 0 radical (unpaired) electrons. The molecule has 0 aromatic heterocycles. The van der Waals surface area contributed by atoms with Crippen molar-refractivity contribution in [1.82, 2.24) is 5.06 Å². The van der Waals surface area contributed by atoms with Crippen LogP contribution in [0.25, 0.3) is 0 Å². The molecule has 0 unspecified atom stereocenters. The number of fused-ring (bicyclic) bond motifs is 1. The van der Waals surface area contributed by atoms with Gasteiger partial charge in [0.25, 0.3) is 17.7 Å². The Morgan fingerprint density at radius 3 is 2.04 bits per heavy atom. The quantitative estimate of drug-likeness (QED) is 0.780. The van der Waals surface area contributed by atoms with E-state index in [1.54, 1.807) is 12.1 Å². The van der Waals surface area contributed by atoms with Gasteiger partial charge in [-0.2, -0.15) is 0 Å². The van der Waals surface area contributed by atoms with Gasteiger partial charge in [-0.05, 0) is 37.8 Å². The Labute approximate surface area is 136 Å². The van der Waals surface area contributed by atoms with E-state index in [9.17, 15) is 23.2 Å². The molecule has 1 spiro atoms. The van der Waals surface area contributed by atoms with Crippen molar-refractivity contribution in [3.63, 3.8) is 0 Å². The number of hydroxylamine groups is 2. The van der Waals surface area contributed by atoms with Gasteiger partial charge < -0.3 is 4.84 Å². The summed E-state index contributed by atoms with van der Waals surface area (Å²) in [6, 6.07) is 6.21. The van der Waals surface area contributed by atoms with Crippen LogP contribution in [0.2, 0.25) is 0 Å². The zero-order valence-corrected chi connectivity index (χ0v) is 12.8. The number of hydrogen-bond donors (Lipinski definition) is 0. The summed E-state index contributed by atoms with van der Waals surface area (Å²) in [5.74, 6) is -5.24. The zero-order chi connectivity index (χ0) is 17.1. The largest absolute Gasteiger partial charge is 0.336 e. The van der Waals surface area contributed by atoms with E-state index >= 15 is 0 Å². The zero-order valence-electron chi connectivity index (χ0n) is 12.8. The molecule has 1 aromatic rings. The van der Waals surface area contributed by atoms with Crippen molar-refractivity contribution in [2.24, 2.45) is 11.3 Å². The number of rotatable bonds is 2.